The normalized spacial score (nSPS) is 13.3. The summed E-state index contributed by atoms with van der Waals surface area (Å²) in [7, 11) is 1.82. The van der Waals surface area contributed by atoms with Crippen LogP contribution in [0.1, 0.15) is 26.3 Å². The van der Waals surface area contributed by atoms with Gasteiger partial charge in [0.05, 0.1) is 11.6 Å². The van der Waals surface area contributed by atoms with Crippen molar-refractivity contribution in [2.24, 2.45) is 5.73 Å². The molecular formula is C15H25N3O2. The summed E-state index contributed by atoms with van der Waals surface area (Å²) in [5.74, 6) is -0.106. The standard InChI is InChI=1S/C15H25N3O2/c1-11(18(4)10-15(2,3)20)14(19)17-13-7-5-6-12(8-13)9-16/h5-8,11,20H,9-10,16H2,1-4H3,(H,17,19). The lowest BCUT2D eigenvalue weighted by atomic mass is 10.1. The van der Waals surface area contributed by atoms with Gasteiger partial charge in [0.1, 0.15) is 0 Å². The first-order valence-corrected chi connectivity index (χ1v) is 6.75. The summed E-state index contributed by atoms with van der Waals surface area (Å²) < 4.78 is 0. The third-order valence-electron chi connectivity index (χ3n) is 3.11. The SMILES string of the molecule is CC(C(=O)Nc1cccc(CN)c1)N(C)CC(C)(C)O. The Morgan fingerprint density at radius 2 is 2.15 bits per heavy atom. The predicted octanol–water partition coefficient (Wildman–Crippen LogP) is 1.18. The zero-order valence-electron chi connectivity index (χ0n) is 12.7. The number of amides is 1. The van der Waals surface area contributed by atoms with Crippen LogP contribution in [-0.2, 0) is 11.3 Å². The second kappa shape index (κ2) is 6.83. The summed E-state index contributed by atoms with van der Waals surface area (Å²) in [4.78, 5) is 14.0. The van der Waals surface area contributed by atoms with Gasteiger partial charge in [-0.1, -0.05) is 12.1 Å². The molecule has 0 bridgehead atoms. The molecule has 0 saturated carbocycles. The van der Waals surface area contributed by atoms with E-state index in [0.717, 1.165) is 11.3 Å². The number of aliphatic hydroxyl groups is 1. The molecule has 0 saturated heterocycles. The van der Waals surface area contributed by atoms with E-state index in [-0.39, 0.29) is 11.9 Å². The molecule has 0 aliphatic heterocycles. The smallest absolute Gasteiger partial charge is 0.241 e. The van der Waals surface area contributed by atoms with Crippen molar-refractivity contribution in [2.75, 3.05) is 18.9 Å². The van der Waals surface area contributed by atoms with Crippen molar-refractivity contribution >= 4 is 11.6 Å². The topological polar surface area (TPSA) is 78.6 Å². The van der Waals surface area contributed by atoms with Gasteiger partial charge in [0.2, 0.25) is 5.91 Å². The van der Waals surface area contributed by atoms with E-state index in [1.807, 2.05) is 43.1 Å². The van der Waals surface area contributed by atoms with Crippen molar-refractivity contribution in [2.45, 2.75) is 39.0 Å². The molecule has 1 atom stereocenters. The van der Waals surface area contributed by atoms with Crippen LogP contribution in [0.2, 0.25) is 0 Å². The minimum atomic E-state index is -0.831. The van der Waals surface area contributed by atoms with E-state index in [4.69, 9.17) is 5.73 Å². The molecule has 1 unspecified atom stereocenters. The highest BCUT2D eigenvalue weighted by Gasteiger charge is 2.23. The fourth-order valence-corrected chi connectivity index (χ4v) is 1.97. The Morgan fingerprint density at radius 3 is 2.70 bits per heavy atom. The molecule has 1 rings (SSSR count). The van der Waals surface area contributed by atoms with Crippen LogP contribution in [0.5, 0.6) is 0 Å². The summed E-state index contributed by atoms with van der Waals surface area (Å²) in [5.41, 5.74) is 6.46. The number of hydrogen-bond donors (Lipinski definition) is 3. The van der Waals surface area contributed by atoms with E-state index >= 15 is 0 Å². The molecule has 1 aromatic rings. The Balaban J connectivity index is 2.65. The van der Waals surface area contributed by atoms with Crippen LogP contribution in [-0.4, -0.2) is 41.1 Å². The number of likely N-dealkylation sites (N-methyl/N-ethyl adjacent to an activating group) is 1. The molecule has 0 radical (unpaired) electrons. The molecule has 0 aliphatic rings. The van der Waals surface area contributed by atoms with Gasteiger partial charge in [0.25, 0.3) is 0 Å². The first kappa shape index (κ1) is 16.6. The van der Waals surface area contributed by atoms with Crippen LogP contribution < -0.4 is 11.1 Å². The van der Waals surface area contributed by atoms with Crippen LogP contribution in [0.25, 0.3) is 0 Å². The average Bonchev–Trinajstić information content (AvgIpc) is 2.36. The molecular weight excluding hydrogens is 254 g/mol. The number of anilines is 1. The first-order chi connectivity index (χ1) is 9.23. The van der Waals surface area contributed by atoms with Crippen molar-refractivity contribution in [3.63, 3.8) is 0 Å². The zero-order chi connectivity index (χ0) is 15.3. The Kier molecular flexibility index (Phi) is 5.68. The summed E-state index contributed by atoms with van der Waals surface area (Å²) in [6.45, 7) is 6.12. The number of hydrogen-bond acceptors (Lipinski definition) is 4. The van der Waals surface area contributed by atoms with E-state index < -0.39 is 5.60 Å². The molecule has 5 nitrogen and oxygen atoms in total. The molecule has 0 fully saturated rings. The molecule has 4 N–H and O–H groups in total. The third kappa shape index (κ3) is 5.28. The predicted molar refractivity (Wildman–Crippen MR) is 81.4 cm³/mol. The molecule has 112 valence electrons. The summed E-state index contributed by atoms with van der Waals surface area (Å²) in [6, 6.07) is 7.14. The van der Waals surface area contributed by atoms with Crippen molar-refractivity contribution in [3.8, 4) is 0 Å². The highest BCUT2D eigenvalue weighted by atomic mass is 16.3. The zero-order valence-corrected chi connectivity index (χ0v) is 12.7. The maximum absolute atomic E-state index is 12.2. The van der Waals surface area contributed by atoms with Gasteiger partial charge in [-0.15, -0.1) is 0 Å². The van der Waals surface area contributed by atoms with Crippen LogP contribution in [0, 0.1) is 0 Å². The number of nitrogens with zero attached hydrogens (tertiary/aromatic N) is 1. The Bertz CT molecular complexity index is 455. The van der Waals surface area contributed by atoms with Gasteiger partial charge in [-0.05, 0) is 45.5 Å². The fourth-order valence-electron chi connectivity index (χ4n) is 1.97. The van der Waals surface area contributed by atoms with Gasteiger partial charge >= 0.3 is 0 Å². The van der Waals surface area contributed by atoms with Crippen LogP contribution in [0.3, 0.4) is 0 Å². The highest BCUT2D eigenvalue weighted by Crippen LogP contribution is 2.12. The Hall–Kier alpha value is -1.43. The largest absolute Gasteiger partial charge is 0.389 e. The summed E-state index contributed by atoms with van der Waals surface area (Å²) in [5, 5.41) is 12.7. The Morgan fingerprint density at radius 1 is 1.50 bits per heavy atom. The van der Waals surface area contributed by atoms with Gasteiger partial charge < -0.3 is 16.2 Å². The fraction of sp³-hybridized carbons (Fsp3) is 0.533. The average molecular weight is 279 g/mol. The van der Waals surface area contributed by atoms with Crippen LogP contribution in [0.15, 0.2) is 24.3 Å². The molecule has 20 heavy (non-hydrogen) atoms. The number of carbonyl (C=O) groups is 1. The lowest BCUT2D eigenvalue weighted by Gasteiger charge is -2.29. The van der Waals surface area contributed by atoms with E-state index in [2.05, 4.69) is 5.32 Å². The molecule has 0 heterocycles. The van der Waals surface area contributed by atoms with Gasteiger partial charge in [0.15, 0.2) is 0 Å². The quantitative estimate of drug-likeness (QED) is 0.730. The molecule has 0 aliphatic carbocycles. The lowest BCUT2D eigenvalue weighted by molar-refractivity contribution is -0.121. The number of rotatable bonds is 6. The van der Waals surface area contributed by atoms with Crippen LogP contribution in [0.4, 0.5) is 5.69 Å². The van der Waals surface area contributed by atoms with Gasteiger partial charge in [0, 0.05) is 18.8 Å². The van der Waals surface area contributed by atoms with E-state index in [1.165, 1.54) is 0 Å². The molecule has 1 amide bonds. The highest BCUT2D eigenvalue weighted by molar-refractivity contribution is 5.94. The van der Waals surface area contributed by atoms with Crippen LogP contribution >= 0.6 is 0 Å². The summed E-state index contributed by atoms with van der Waals surface area (Å²) >= 11 is 0. The first-order valence-electron chi connectivity index (χ1n) is 6.75. The number of nitrogens with one attached hydrogen (secondary N) is 1. The molecule has 1 aromatic carbocycles. The van der Waals surface area contributed by atoms with Gasteiger partial charge in [-0.25, -0.2) is 0 Å². The van der Waals surface area contributed by atoms with E-state index in [9.17, 15) is 9.90 Å². The van der Waals surface area contributed by atoms with E-state index in [0.29, 0.717) is 13.1 Å². The van der Waals surface area contributed by atoms with E-state index in [1.54, 1.807) is 13.8 Å². The lowest BCUT2D eigenvalue weighted by Crippen LogP contribution is -2.46. The number of benzene rings is 1. The second-order valence-corrected chi connectivity index (χ2v) is 5.80. The minimum Gasteiger partial charge on any atom is -0.389 e. The minimum absolute atomic E-state index is 0.106. The summed E-state index contributed by atoms with van der Waals surface area (Å²) in [6.07, 6.45) is 0. The van der Waals surface area contributed by atoms with Crippen molar-refractivity contribution in [3.05, 3.63) is 29.8 Å². The van der Waals surface area contributed by atoms with Crippen molar-refractivity contribution in [1.29, 1.82) is 0 Å². The molecule has 0 aromatic heterocycles. The molecule has 5 heteroatoms. The third-order valence-corrected chi connectivity index (χ3v) is 3.11. The van der Waals surface area contributed by atoms with Crippen molar-refractivity contribution < 1.29 is 9.90 Å². The monoisotopic (exact) mass is 279 g/mol. The maximum Gasteiger partial charge on any atom is 0.241 e. The number of nitrogens with two attached hydrogens (primary N) is 1. The Labute approximate surface area is 120 Å². The van der Waals surface area contributed by atoms with Gasteiger partial charge in [-0.2, -0.15) is 0 Å². The second-order valence-electron chi connectivity index (χ2n) is 5.80. The van der Waals surface area contributed by atoms with Crippen molar-refractivity contribution in [1.82, 2.24) is 4.90 Å². The number of carbonyl (C=O) groups excluding carboxylic acids is 1. The maximum atomic E-state index is 12.2. The molecule has 0 spiro atoms. The van der Waals surface area contributed by atoms with Gasteiger partial charge in [-0.3, -0.25) is 9.69 Å².